The maximum Gasteiger partial charge on any atom is 0.278 e. The molecule has 5 rings (SSSR count). The van der Waals surface area contributed by atoms with Crippen molar-refractivity contribution >= 4 is 34.4 Å². The third kappa shape index (κ3) is 4.53. The van der Waals surface area contributed by atoms with Crippen LogP contribution in [-0.4, -0.2) is 39.3 Å². The van der Waals surface area contributed by atoms with Crippen LogP contribution in [0.4, 0.5) is 11.6 Å². The fraction of sp³-hybridized carbons (Fsp3) is 0.250. The number of nitrogens with one attached hydrogen (secondary N) is 1. The Morgan fingerprint density at radius 3 is 2.82 bits per heavy atom. The number of anilines is 2. The molecule has 1 aliphatic rings. The molecule has 8 nitrogen and oxygen atoms in total. The third-order valence-corrected chi connectivity index (χ3v) is 5.79. The first-order valence-electron chi connectivity index (χ1n) is 10.7. The van der Waals surface area contributed by atoms with Gasteiger partial charge in [0.05, 0.1) is 26.0 Å². The Kier molecular flexibility index (Phi) is 5.93. The van der Waals surface area contributed by atoms with Gasteiger partial charge in [-0.25, -0.2) is 9.97 Å². The average molecular weight is 464 g/mol. The van der Waals surface area contributed by atoms with Crippen molar-refractivity contribution in [2.75, 3.05) is 19.0 Å². The first-order valence-corrected chi connectivity index (χ1v) is 11.0. The summed E-state index contributed by atoms with van der Waals surface area (Å²) in [6.07, 6.45) is 3.45. The lowest BCUT2D eigenvalue weighted by Crippen LogP contribution is -2.29. The van der Waals surface area contributed by atoms with Gasteiger partial charge in [0.15, 0.2) is 5.65 Å². The molecule has 9 heteroatoms. The van der Waals surface area contributed by atoms with Crippen molar-refractivity contribution in [1.29, 1.82) is 0 Å². The fourth-order valence-electron chi connectivity index (χ4n) is 3.88. The van der Waals surface area contributed by atoms with Crippen molar-refractivity contribution in [2.24, 2.45) is 0 Å². The van der Waals surface area contributed by atoms with Crippen LogP contribution >= 0.6 is 11.6 Å². The van der Waals surface area contributed by atoms with E-state index in [0.29, 0.717) is 52.3 Å². The van der Waals surface area contributed by atoms with Gasteiger partial charge in [0.25, 0.3) is 5.56 Å². The molecule has 0 saturated carbocycles. The number of ether oxygens (including phenoxy) is 2. The van der Waals surface area contributed by atoms with E-state index in [-0.39, 0.29) is 11.7 Å². The predicted molar refractivity (Wildman–Crippen MR) is 127 cm³/mol. The van der Waals surface area contributed by atoms with Crippen LogP contribution in [0.15, 0.2) is 59.5 Å². The highest BCUT2D eigenvalue weighted by molar-refractivity contribution is 6.30. The van der Waals surface area contributed by atoms with Gasteiger partial charge in [-0.15, -0.1) is 0 Å². The quantitative estimate of drug-likeness (QED) is 0.452. The SMILES string of the molecule is COc1cccc(Nc2ncc3nc(-c4ccc(Cl)cc4)c(=O)n(C[C@H]4CCCO4)c3n2)c1. The number of halogens is 1. The smallest absolute Gasteiger partial charge is 0.278 e. The second kappa shape index (κ2) is 9.17. The van der Waals surface area contributed by atoms with Gasteiger partial charge in [0.1, 0.15) is 17.0 Å². The first kappa shape index (κ1) is 21.4. The predicted octanol–water partition coefficient (Wildman–Crippen LogP) is 4.44. The zero-order valence-corrected chi connectivity index (χ0v) is 18.7. The van der Waals surface area contributed by atoms with Crippen molar-refractivity contribution in [3.05, 3.63) is 70.1 Å². The molecule has 1 aliphatic heterocycles. The van der Waals surface area contributed by atoms with Crippen molar-refractivity contribution in [1.82, 2.24) is 19.5 Å². The topological polar surface area (TPSA) is 91.2 Å². The summed E-state index contributed by atoms with van der Waals surface area (Å²) in [5, 5.41) is 3.77. The van der Waals surface area contributed by atoms with Gasteiger partial charge >= 0.3 is 0 Å². The number of rotatable bonds is 6. The van der Waals surface area contributed by atoms with E-state index in [2.05, 4.69) is 20.3 Å². The third-order valence-electron chi connectivity index (χ3n) is 5.54. The molecule has 0 radical (unpaired) electrons. The molecule has 4 aromatic rings. The van der Waals surface area contributed by atoms with E-state index in [4.69, 9.17) is 21.1 Å². The van der Waals surface area contributed by atoms with Crippen molar-refractivity contribution in [2.45, 2.75) is 25.5 Å². The minimum atomic E-state index is -0.230. The highest BCUT2D eigenvalue weighted by Gasteiger charge is 2.21. The molecular weight excluding hydrogens is 442 g/mol. The lowest BCUT2D eigenvalue weighted by Gasteiger charge is -2.16. The Morgan fingerprint density at radius 1 is 1.21 bits per heavy atom. The van der Waals surface area contributed by atoms with E-state index in [1.807, 2.05) is 24.3 Å². The van der Waals surface area contributed by atoms with Crippen LogP contribution in [-0.2, 0) is 11.3 Å². The number of aromatic nitrogens is 4. The molecule has 168 valence electrons. The van der Waals surface area contributed by atoms with Crippen LogP contribution in [0, 0.1) is 0 Å². The Bertz CT molecular complexity index is 1350. The van der Waals surface area contributed by atoms with Crippen molar-refractivity contribution in [3.63, 3.8) is 0 Å². The highest BCUT2D eigenvalue weighted by Crippen LogP contribution is 2.23. The van der Waals surface area contributed by atoms with E-state index >= 15 is 0 Å². The Balaban J connectivity index is 1.60. The van der Waals surface area contributed by atoms with E-state index in [9.17, 15) is 4.79 Å². The second-order valence-corrected chi connectivity index (χ2v) is 8.21. The summed E-state index contributed by atoms with van der Waals surface area (Å²) in [6, 6.07) is 14.5. The molecule has 3 heterocycles. The van der Waals surface area contributed by atoms with Crippen LogP contribution in [0.2, 0.25) is 5.02 Å². The molecule has 1 saturated heterocycles. The summed E-state index contributed by atoms with van der Waals surface area (Å²) in [6.45, 7) is 1.10. The normalized spacial score (nSPS) is 15.6. The van der Waals surface area contributed by atoms with Crippen LogP contribution in [0.1, 0.15) is 12.8 Å². The van der Waals surface area contributed by atoms with Gasteiger partial charge in [-0.3, -0.25) is 9.36 Å². The number of fused-ring (bicyclic) bond motifs is 1. The standard InChI is InChI=1S/C24H22ClN5O3/c1-32-18-5-2-4-17(12-18)27-24-26-13-20-22(29-24)30(14-19-6-3-11-33-19)23(31)21(28-20)15-7-9-16(25)10-8-15/h2,4-5,7-10,12-13,19H,3,6,11,14H2,1H3,(H,26,27,29)/t19-/m1/s1. The van der Waals surface area contributed by atoms with Crippen LogP contribution in [0.3, 0.4) is 0 Å². The summed E-state index contributed by atoms with van der Waals surface area (Å²) in [5.41, 5.74) is 2.53. The van der Waals surface area contributed by atoms with Crippen LogP contribution in [0.5, 0.6) is 5.75 Å². The minimum absolute atomic E-state index is 0.0453. The summed E-state index contributed by atoms with van der Waals surface area (Å²) in [5.74, 6) is 1.07. The number of methoxy groups -OCH3 is 1. The summed E-state index contributed by atoms with van der Waals surface area (Å²) >= 11 is 6.03. The fourth-order valence-corrected chi connectivity index (χ4v) is 4.01. The van der Waals surface area contributed by atoms with Crippen molar-refractivity contribution in [3.8, 4) is 17.0 Å². The lowest BCUT2D eigenvalue weighted by molar-refractivity contribution is 0.0971. The summed E-state index contributed by atoms with van der Waals surface area (Å²) < 4.78 is 12.7. The van der Waals surface area contributed by atoms with E-state index < -0.39 is 0 Å². The van der Waals surface area contributed by atoms with Gasteiger partial charge in [-0.1, -0.05) is 29.8 Å². The van der Waals surface area contributed by atoms with Crippen LogP contribution in [0.25, 0.3) is 22.4 Å². The molecule has 2 aromatic heterocycles. The van der Waals surface area contributed by atoms with Crippen molar-refractivity contribution < 1.29 is 9.47 Å². The molecule has 0 aliphatic carbocycles. The van der Waals surface area contributed by atoms with Crippen LogP contribution < -0.4 is 15.6 Å². The number of nitrogens with zero attached hydrogens (tertiary/aromatic N) is 4. The highest BCUT2D eigenvalue weighted by atomic mass is 35.5. The summed E-state index contributed by atoms with van der Waals surface area (Å²) in [4.78, 5) is 27.2. The number of hydrogen-bond donors (Lipinski definition) is 1. The molecule has 1 atom stereocenters. The zero-order valence-electron chi connectivity index (χ0n) is 18.0. The van der Waals surface area contributed by atoms with Gasteiger partial charge in [-0.05, 0) is 37.1 Å². The maximum absolute atomic E-state index is 13.5. The van der Waals surface area contributed by atoms with E-state index in [0.717, 1.165) is 18.5 Å². The van der Waals surface area contributed by atoms with E-state index in [1.165, 1.54) is 0 Å². The molecule has 33 heavy (non-hydrogen) atoms. The Morgan fingerprint density at radius 2 is 2.06 bits per heavy atom. The molecule has 0 spiro atoms. The largest absolute Gasteiger partial charge is 0.497 e. The van der Waals surface area contributed by atoms with Gasteiger partial charge in [-0.2, -0.15) is 4.98 Å². The zero-order chi connectivity index (χ0) is 22.8. The molecular formula is C24H22ClN5O3. The monoisotopic (exact) mass is 463 g/mol. The van der Waals surface area contributed by atoms with Gasteiger partial charge in [0.2, 0.25) is 5.95 Å². The minimum Gasteiger partial charge on any atom is -0.497 e. The Hall–Kier alpha value is -3.49. The van der Waals surface area contributed by atoms with Gasteiger partial charge in [0, 0.05) is 28.9 Å². The molecule has 1 fully saturated rings. The molecule has 1 N–H and O–H groups in total. The molecule has 0 unspecified atom stereocenters. The number of hydrogen-bond acceptors (Lipinski definition) is 7. The van der Waals surface area contributed by atoms with Gasteiger partial charge < -0.3 is 14.8 Å². The molecule has 2 aromatic carbocycles. The Labute approximate surface area is 195 Å². The average Bonchev–Trinajstić information content (AvgIpc) is 3.35. The van der Waals surface area contributed by atoms with E-state index in [1.54, 1.807) is 42.1 Å². The second-order valence-electron chi connectivity index (χ2n) is 7.78. The molecule has 0 bridgehead atoms. The maximum atomic E-state index is 13.5. The lowest BCUT2D eigenvalue weighted by atomic mass is 10.1. The summed E-state index contributed by atoms with van der Waals surface area (Å²) in [7, 11) is 1.61. The number of benzene rings is 2. The molecule has 0 amide bonds. The first-order chi connectivity index (χ1) is 16.1.